The summed E-state index contributed by atoms with van der Waals surface area (Å²) >= 11 is 12.5. The van der Waals surface area contributed by atoms with E-state index in [1.54, 1.807) is 36.4 Å². The first-order valence-electron chi connectivity index (χ1n) is 14.9. The van der Waals surface area contributed by atoms with E-state index in [4.69, 9.17) is 23.2 Å². The quantitative estimate of drug-likeness (QED) is 0.0841. The minimum Gasteiger partial charge on any atom is -0.354 e. The van der Waals surface area contributed by atoms with Gasteiger partial charge in [-0.25, -0.2) is 8.42 Å². The van der Waals surface area contributed by atoms with Gasteiger partial charge in [-0.1, -0.05) is 91.1 Å². The zero-order chi connectivity index (χ0) is 34.0. The number of carbonyl (C=O) groups excluding carboxylic acids is 2. The molecule has 10 nitrogen and oxygen atoms in total. The predicted molar refractivity (Wildman–Crippen MR) is 183 cm³/mol. The summed E-state index contributed by atoms with van der Waals surface area (Å²) < 4.78 is 29.0. The van der Waals surface area contributed by atoms with Crippen molar-refractivity contribution in [2.45, 2.75) is 43.7 Å². The van der Waals surface area contributed by atoms with Crippen LogP contribution in [0.5, 0.6) is 0 Å². The Balaban J connectivity index is 1.81. The fourth-order valence-corrected chi connectivity index (χ4v) is 6.64. The summed E-state index contributed by atoms with van der Waals surface area (Å²) in [5, 5.41) is 14.8. The highest BCUT2D eigenvalue weighted by Gasteiger charge is 2.34. The van der Waals surface area contributed by atoms with E-state index in [-0.39, 0.29) is 34.3 Å². The number of hydrogen-bond donors (Lipinski definition) is 1. The molecule has 13 heteroatoms. The lowest BCUT2D eigenvalue weighted by Crippen LogP contribution is -2.53. The molecule has 0 saturated carbocycles. The minimum absolute atomic E-state index is 0.0364. The smallest absolute Gasteiger partial charge is 0.269 e. The highest BCUT2D eigenvalue weighted by Crippen LogP contribution is 2.28. The van der Waals surface area contributed by atoms with E-state index in [1.807, 2.05) is 37.3 Å². The Labute approximate surface area is 284 Å². The van der Waals surface area contributed by atoms with Crippen LogP contribution in [0.4, 0.5) is 11.4 Å². The number of rotatable bonds is 15. The van der Waals surface area contributed by atoms with Crippen LogP contribution in [0.25, 0.3) is 0 Å². The van der Waals surface area contributed by atoms with Crippen LogP contribution >= 0.6 is 23.2 Å². The number of hydrogen-bond acceptors (Lipinski definition) is 6. The number of nitro groups is 1. The highest BCUT2D eigenvalue weighted by molar-refractivity contribution is 7.92. The molecule has 2 amide bonds. The second kappa shape index (κ2) is 16.4. The Morgan fingerprint density at radius 3 is 2.11 bits per heavy atom. The van der Waals surface area contributed by atoms with Crippen LogP contribution < -0.4 is 9.62 Å². The maximum atomic E-state index is 14.5. The highest BCUT2D eigenvalue weighted by atomic mass is 35.5. The van der Waals surface area contributed by atoms with Crippen LogP contribution in [0.3, 0.4) is 0 Å². The van der Waals surface area contributed by atoms with Gasteiger partial charge in [0.25, 0.3) is 15.7 Å². The molecule has 0 saturated heterocycles. The molecule has 0 aliphatic rings. The Hall–Kier alpha value is -4.45. The van der Waals surface area contributed by atoms with Gasteiger partial charge in [0.1, 0.15) is 12.6 Å². The average molecular weight is 698 g/mol. The Morgan fingerprint density at radius 1 is 0.872 bits per heavy atom. The van der Waals surface area contributed by atoms with Crippen molar-refractivity contribution >= 4 is 56.4 Å². The van der Waals surface area contributed by atoms with Gasteiger partial charge >= 0.3 is 0 Å². The van der Waals surface area contributed by atoms with Gasteiger partial charge in [0.05, 0.1) is 25.6 Å². The molecule has 4 aromatic rings. The molecular formula is C34H34Cl2N4O6S. The molecule has 246 valence electrons. The van der Waals surface area contributed by atoms with E-state index in [0.29, 0.717) is 17.1 Å². The van der Waals surface area contributed by atoms with Gasteiger partial charge in [-0.15, -0.1) is 0 Å². The molecule has 0 aliphatic carbocycles. The largest absolute Gasteiger partial charge is 0.354 e. The molecule has 0 aliphatic heterocycles. The molecule has 47 heavy (non-hydrogen) atoms. The van der Waals surface area contributed by atoms with Crippen LogP contribution in [0.15, 0.2) is 108 Å². The average Bonchev–Trinajstić information content (AvgIpc) is 3.07. The number of benzene rings is 4. The van der Waals surface area contributed by atoms with Gasteiger partial charge in [0, 0.05) is 31.6 Å². The SMILES string of the molecule is CCCCNC(=O)[C@@H](Cc1ccccc1)N(Cc1ccc(Cl)c(Cl)c1)C(=O)CN(c1ccc([N+](=O)[O-])cc1)S(=O)(=O)c1ccccc1. The number of sulfonamides is 1. The summed E-state index contributed by atoms with van der Waals surface area (Å²) in [6.07, 6.45) is 1.72. The lowest BCUT2D eigenvalue weighted by Gasteiger charge is -2.34. The Kier molecular flexibility index (Phi) is 12.4. The summed E-state index contributed by atoms with van der Waals surface area (Å²) in [6.45, 7) is 1.60. The standard InChI is InChI=1S/C34H34Cl2N4O6S/c1-2-3-20-37-34(42)32(22-25-10-6-4-7-11-25)38(23-26-14-19-30(35)31(36)21-26)33(41)24-39(27-15-17-28(18-16-27)40(43)44)47(45,46)29-12-8-5-9-13-29/h4-19,21,32H,2-3,20,22-24H2,1H3,(H,37,42)/t32-/m1/s1. The third kappa shape index (κ3) is 9.31. The molecule has 4 aromatic carbocycles. The van der Waals surface area contributed by atoms with E-state index in [0.717, 1.165) is 22.7 Å². The molecule has 0 unspecified atom stereocenters. The minimum atomic E-state index is -4.35. The summed E-state index contributed by atoms with van der Waals surface area (Å²) in [7, 11) is -4.35. The maximum Gasteiger partial charge on any atom is 0.269 e. The molecule has 0 radical (unpaired) electrons. The second-order valence-corrected chi connectivity index (χ2v) is 13.4. The number of carbonyl (C=O) groups is 2. The van der Waals surface area contributed by atoms with Crippen LogP contribution in [-0.2, 0) is 32.6 Å². The monoisotopic (exact) mass is 696 g/mol. The first-order valence-corrected chi connectivity index (χ1v) is 17.1. The van der Waals surface area contributed by atoms with Crippen molar-refractivity contribution in [2.24, 2.45) is 0 Å². The van der Waals surface area contributed by atoms with Gasteiger partial charge in [-0.3, -0.25) is 24.0 Å². The number of nitro benzene ring substituents is 1. The zero-order valence-corrected chi connectivity index (χ0v) is 27.9. The van der Waals surface area contributed by atoms with Crippen molar-refractivity contribution in [3.05, 3.63) is 134 Å². The van der Waals surface area contributed by atoms with Crippen molar-refractivity contribution in [3.63, 3.8) is 0 Å². The first kappa shape index (κ1) is 35.4. The van der Waals surface area contributed by atoms with Crippen molar-refractivity contribution in [1.82, 2.24) is 10.2 Å². The third-order valence-corrected chi connectivity index (χ3v) is 9.92. The van der Waals surface area contributed by atoms with Gasteiger partial charge in [-0.2, -0.15) is 0 Å². The van der Waals surface area contributed by atoms with Crippen molar-refractivity contribution < 1.29 is 22.9 Å². The molecule has 1 N–H and O–H groups in total. The van der Waals surface area contributed by atoms with E-state index < -0.39 is 39.3 Å². The summed E-state index contributed by atoms with van der Waals surface area (Å²) in [5.74, 6) is -1.08. The number of unbranched alkanes of at least 4 members (excludes halogenated alkanes) is 1. The molecule has 0 bridgehead atoms. The Bertz CT molecular complexity index is 1790. The summed E-state index contributed by atoms with van der Waals surface area (Å²) in [5.41, 5.74) is 1.15. The molecule has 4 rings (SSSR count). The number of nitrogens with one attached hydrogen (secondary N) is 1. The molecule has 0 heterocycles. The molecular weight excluding hydrogens is 663 g/mol. The predicted octanol–water partition coefficient (Wildman–Crippen LogP) is 6.65. The summed E-state index contributed by atoms with van der Waals surface area (Å²) in [6, 6.07) is 25.4. The van der Waals surface area contributed by atoms with Crippen LogP contribution in [-0.4, -0.2) is 49.2 Å². The lowest BCUT2D eigenvalue weighted by atomic mass is 10.0. The van der Waals surface area contributed by atoms with Gasteiger partial charge in [0.15, 0.2) is 0 Å². The molecule has 0 aromatic heterocycles. The van der Waals surface area contributed by atoms with Crippen molar-refractivity contribution in [1.29, 1.82) is 0 Å². The maximum absolute atomic E-state index is 14.5. The second-order valence-electron chi connectivity index (χ2n) is 10.7. The van der Waals surface area contributed by atoms with E-state index >= 15 is 0 Å². The first-order chi connectivity index (χ1) is 22.5. The van der Waals surface area contributed by atoms with Crippen molar-refractivity contribution in [2.75, 3.05) is 17.4 Å². The Morgan fingerprint density at radius 2 is 1.51 bits per heavy atom. The van der Waals surface area contributed by atoms with Crippen LogP contribution in [0.2, 0.25) is 10.0 Å². The number of amides is 2. The number of non-ortho nitro benzene ring substituents is 1. The number of halogens is 2. The lowest BCUT2D eigenvalue weighted by molar-refractivity contribution is -0.384. The number of anilines is 1. The fraction of sp³-hybridized carbons (Fsp3) is 0.235. The van der Waals surface area contributed by atoms with Crippen molar-refractivity contribution in [3.8, 4) is 0 Å². The van der Waals surface area contributed by atoms with E-state index in [9.17, 15) is 28.1 Å². The van der Waals surface area contributed by atoms with Gasteiger partial charge < -0.3 is 10.2 Å². The molecule has 1 atom stereocenters. The van der Waals surface area contributed by atoms with Crippen LogP contribution in [0, 0.1) is 10.1 Å². The van der Waals surface area contributed by atoms with Gasteiger partial charge in [-0.05, 0) is 53.9 Å². The summed E-state index contributed by atoms with van der Waals surface area (Å²) in [4.78, 5) is 40.3. The van der Waals surface area contributed by atoms with Gasteiger partial charge in [0.2, 0.25) is 11.8 Å². The number of nitrogens with zero attached hydrogens (tertiary/aromatic N) is 3. The normalized spacial score (nSPS) is 11.8. The zero-order valence-electron chi connectivity index (χ0n) is 25.6. The fourth-order valence-electron chi connectivity index (χ4n) is 4.88. The topological polar surface area (TPSA) is 130 Å². The van der Waals surface area contributed by atoms with E-state index in [2.05, 4.69) is 5.32 Å². The van der Waals surface area contributed by atoms with E-state index in [1.165, 1.54) is 41.3 Å². The van der Waals surface area contributed by atoms with Crippen LogP contribution in [0.1, 0.15) is 30.9 Å². The molecule has 0 fully saturated rings. The molecule has 0 spiro atoms. The third-order valence-electron chi connectivity index (χ3n) is 7.40.